The maximum atomic E-state index is 2.43. The first-order valence-corrected chi connectivity index (χ1v) is 6.65. The number of nitrogens with zero attached hydrogens (tertiary/aromatic N) is 1. The summed E-state index contributed by atoms with van der Waals surface area (Å²) >= 11 is 1.94. The first-order valence-electron chi connectivity index (χ1n) is 5.66. The van der Waals surface area contributed by atoms with Gasteiger partial charge in [-0.1, -0.05) is 17.7 Å². The number of benzene rings is 1. The molecule has 0 radical (unpaired) electrons. The van der Waals surface area contributed by atoms with Crippen molar-refractivity contribution in [2.24, 2.45) is 0 Å². The van der Waals surface area contributed by atoms with Crippen LogP contribution in [0.2, 0.25) is 0 Å². The normalized spacial score (nSPS) is 16.2. The van der Waals surface area contributed by atoms with Crippen LogP contribution in [-0.4, -0.2) is 5.88 Å². The molecule has 1 heterocycles. The van der Waals surface area contributed by atoms with E-state index in [1.165, 1.54) is 33.0 Å². The Morgan fingerprint density at radius 1 is 1.00 bits per heavy atom. The zero-order valence-corrected chi connectivity index (χ0v) is 11.5. The highest BCUT2D eigenvalue weighted by atomic mass is 32.2. The summed E-state index contributed by atoms with van der Waals surface area (Å²) in [5.74, 6) is 1.06. The van der Waals surface area contributed by atoms with Crippen LogP contribution in [0.5, 0.6) is 0 Å². The predicted octanol–water partition coefficient (Wildman–Crippen LogP) is 4.37. The maximum Gasteiger partial charge on any atom is 0.0729 e. The Morgan fingerprint density at radius 3 is 2.00 bits per heavy atom. The molecular weight excluding hydrogens is 214 g/mol. The molecule has 0 fully saturated rings. The fourth-order valence-electron chi connectivity index (χ4n) is 2.38. The topological polar surface area (TPSA) is 3.24 Å². The molecule has 0 spiro atoms. The number of allylic oxidation sites excluding steroid dienone is 2. The van der Waals surface area contributed by atoms with Crippen LogP contribution in [-0.2, 0) is 0 Å². The van der Waals surface area contributed by atoms with Crippen molar-refractivity contribution < 1.29 is 0 Å². The lowest BCUT2D eigenvalue weighted by molar-refractivity contribution is 1.05. The van der Waals surface area contributed by atoms with E-state index in [2.05, 4.69) is 51.7 Å². The Morgan fingerprint density at radius 2 is 1.56 bits per heavy atom. The van der Waals surface area contributed by atoms with Gasteiger partial charge in [-0.3, -0.25) is 0 Å². The SMILES string of the molecule is CC1=C(C)N(c2c(C)cc(C)cc2C)CS1. The quantitative estimate of drug-likeness (QED) is 0.708. The molecule has 1 aromatic rings. The molecule has 1 aliphatic heterocycles. The van der Waals surface area contributed by atoms with Crippen LogP contribution in [0.4, 0.5) is 5.69 Å². The zero-order chi connectivity index (χ0) is 11.9. The van der Waals surface area contributed by atoms with Crippen LogP contribution in [0.1, 0.15) is 30.5 Å². The van der Waals surface area contributed by atoms with Gasteiger partial charge in [-0.25, -0.2) is 0 Å². The molecule has 0 bridgehead atoms. The van der Waals surface area contributed by atoms with E-state index < -0.39 is 0 Å². The minimum Gasteiger partial charge on any atom is -0.334 e. The molecule has 86 valence electrons. The smallest absolute Gasteiger partial charge is 0.0729 e. The Kier molecular flexibility index (Phi) is 3.02. The summed E-state index contributed by atoms with van der Waals surface area (Å²) in [7, 11) is 0. The molecule has 2 rings (SSSR count). The van der Waals surface area contributed by atoms with Crippen molar-refractivity contribution in [3.05, 3.63) is 39.4 Å². The molecule has 1 aliphatic rings. The van der Waals surface area contributed by atoms with Gasteiger partial charge in [0.1, 0.15) is 0 Å². The van der Waals surface area contributed by atoms with Gasteiger partial charge in [-0.15, -0.1) is 11.8 Å². The summed E-state index contributed by atoms with van der Waals surface area (Å²) in [4.78, 5) is 3.88. The lowest BCUT2D eigenvalue weighted by Crippen LogP contribution is -2.18. The Balaban J connectivity index is 2.50. The molecule has 0 aliphatic carbocycles. The van der Waals surface area contributed by atoms with Crippen LogP contribution in [0.25, 0.3) is 0 Å². The van der Waals surface area contributed by atoms with Gasteiger partial charge in [0.2, 0.25) is 0 Å². The minimum atomic E-state index is 1.06. The van der Waals surface area contributed by atoms with Crippen molar-refractivity contribution >= 4 is 17.4 Å². The van der Waals surface area contributed by atoms with Crippen LogP contribution < -0.4 is 4.90 Å². The van der Waals surface area contributed by atoms with E-state index >= 15 is 0 Å². The molecule has 16 heavy (non-hydrogen) atoms. The molecular formula is C14H19NS. The van der Waals surface area contributed by atoms with Crippen LogP contribution in [0.15, 0.2) is 22.7 Å². The molecule has 1 nitrogen and oxygen atoms in total. The van der Waals surface area contributed by atoms with Gasteiger partial charge >= 0.3 is 0 Å². The highest BCUT2D eigenvalue weighted by Gasteiger charge is 2.21. The fourth-order valence-corrected chi connectivity index (χ4v) is 3.35. The third-order valence-electron chi connectivity index (χ3n) is 3.23. The second kappa shape index (κ2) is 4.17. The Hall–Kier alpha value is -0.890. The lowest BCUT2D eigenvalue weighted by atomic mass is 10.0. The standard InChI is InChI=1S/C14H19NS/c1-9-6-10(2)14(11(3)7-9)15-8-16-13(5)12(15)4/h6-7H,8H2,1-5H3. The molecule has 0 unspecified atom stereocenters. The average Bonchev–Trinajstić information content (AvgIpc) is 2.48. The third-order valence-corrected chi connectivity index (χ3v) is 4.35. The third kappa shape index (κ3) is 1.86. The first kappa shape index (κ1) is 11.6. The first-order chi connectivity index (χ1) is 7.50. The van der Waals surface area contributed by atoms with Crippen LogP contribution in [0, 0.1) is 20.8 Å². The van der Waals surface area contributed by atoms with Crippen molar-refractivity contribution in [3.63, 3.8) is 0 Å². The molecule has 0 atom stereocenters. The molecule has 0 saturated carbocycles. The van der Waals surface area contributed by atoms with Crippen molar-refractivity contribution in [2.45, 2.75) is 34.6 Å². The Bertz CT molecular complexity index is 437. The number of hydrogen-bond donors (Lipinski definition) is 0. The summed E-state index contributed by atoms with van der Waals surface area (Å²) in [6.45, 7) is 11.0. The van der Waals surface area contributed by atoms with Gasteiger partial charge in [-0.05, 0) is 45.7 Å². The predicted molar refractivity (Wildman–Crippen MR) is 74.0 cm³/mol. The Labute approximate surface area is 103 Å². The van der Waals surface area contributed by atoms with Crippen LogP contribution >= 0.6 is 11.8 Å². The zero-order valence-electron chi connectivity index (χ0n) is 10.7. The van der Waals surface area contributed by atoms with Gasteiger partial charge in [0, 0.05) is 16.3 Å². The van der Waals surface area contributed by atoms with E-state index in [-0.39, 0.29) is 0 Å². The number of rotatable bonds is 1. The largest absolute Gasteiger partial charge is 0.334 e. The molecule has 0 N–H and O–H groups in total. The van der Waals surface area contributed by atoms with Gasteiger partial charge in [0.15, 0.2) is 0 Å². The highest BCUT2D eigenvalue weighted by Crippen LogP contribution is 2.38. The van der Waals surface area contributed by atoms with E-state index in [1.54, 1.807) is 0 Å². The number of hydrogen-bond acceptors (Lipinski definition) is 2. The fraction of sp³-hybridized carbons (Fsp3) is 0.429. The van der Waals surface area contributed by atoms with Crippen molar-refractivity contribution in [2.75, 3.05) is 10.8 Å². The van der Waals surface area contributed by atoms with Crippen LogP contribution in [0.3, 0.4) is 0 Å². The number of aryl methyl sites for hydroxylation is 3. The van der Waals surface area contributed by atoms with Gasteiger partial charge in [0.05, 0.1) is 5.88 Å². The summed E-state index contributed by atoms with van der Waals surface area (Å²) in [6, 6.07) is 4.54. The van der Waals surface area contributed by atoms with Gasteiger partial charge in [-0.2, -0.15) is 0 Å². The summed E-state index contributed by atoms with van der Waals surface area (Å²) in [5, 5.41) is 0. The van der Waals surface area contributed by atoms with Gasteiger partial charge < -0.3 is 4.90 Å². The van der Waals surface area contributed by atoms with Gasteiger partial charge in [0.25, 0.3) is 0 Å². The monoisotopic (exact) mass is 233 g/mol. The molecule has 0 amide bonds. The second-order valence-corrected chi connectivity index (χ2v) is 5.75. The number of anilines is 1. The van der Waals surface area contributed by atoms with Crippen molar-refractivity contribution in [1.29, 1.82) is 0 Å². The average molecular weight is 233 g/mol. The van der Waals surface area contributed by atoms with E-state index in [9.17, 15) is 0 Å². The molecule has 1 aromatic carbocycles. The molecule has 0 aromatic heterocycles. The molecule has 2 heteroatoms. The van der Waals surface area contributed by atoms with E-state index in [1.807, 2.05) is 11.8 Å². The van der Waals surface area contributed by atoms with Crippen molar-refractivity contribution in [3.8, 4) is 0 Å². The number of thioether (sulfide) groups is 1. The summed E-state index contributed by atoms with van der Waals surface area (Å²) in [6.07, 6.45) is 0. The highest BCUT2D eigenvalue weighted by molar-refractivity contribution is 8.03. The summed E-state index contributed by atoms with van der Waals surface area (Å²) < 4.78 is 0. The van der Waals surface area contributed by atoms with E-state index in [0.717, 1.165) is 5.88 Å². The van der Waals surface area contributed by atoms with E-state index in [4.69, 9.17) is 0 Å². The summed E-state index contributed by atoms with van der Waals surface area (Å²) in [5.41, 5.74) is 6.91. The second-order valence-electron chi connectivity index (χ2n) is 4.59. The minimum absolute atomic E-state index is 1.06. The maximum absolute atomic E-state index is 2.43. The lowest BCUT2D eigenvalue weighted by Gasteiger charge is -2.24. The van der Waals surface area contributed by atoms with E-state index in [0.29, 0.717) is 0 Å². The molecule has 0 saturated heterocycles. The van der Waals surface area contributed by atoms with Crippen molar-refractivity contribution in [1.82, 2.24) is 0 Å².